The van der Waals surface area contributed by atoms with E-state index in [9.17, 15) is 4.79 Å². The van der Waals surface area contributed by atoms with Gasteiger partial charge in [0.15, 0.2) is 12.0 Å². The average Bonchev–Trinajstić information content (AvgIpc) is 2.06. The minimum absolute atomic E-state index is 0.241. The van der Waals surface area contributed by atoms with Crippen molar-refractivity contribution in [1.29, 1.82) is 0 Å². The molecule has 0 unspecified atom stereocenters. The van der Waals surface area contributed by atoms with Crippen LogP contribution in [0.3, 0.4) is 0 Å². The Morgan fingerprint density at radius 2 is 2.27 bits per heavy atom. The first-order chi connectivity index (χ1) is 5.24. The first-order valence-corrected chi connectivity index (χ1v) is 3.01. The third-order valence-electron chi connectivity index (χ3n) is 0.930. The van der Waals surface area contributed by atoms with Gasteiger partial charge < -0.3 is 14.9 Å². The van der Waals surface area contributed by atoms with Crippen molar-refractivity contribution in [2.24, 2.45) is 0 Å². The Hall–Kier alpha value is -1.29. The Labute approximate surface area is 64.4 Å². The lowest BCUT2D eigenvalue weighted by Gasteiger charge is -1.99. The maximum Gasteiger partial charge on any atom is 0.191 e. The number of aliphatic hydroxyl groups excluding tert-OH is 2. The van der Waals surface area contributed by atoms with Crippen LogP contribution in [-0.2, 0) is 9.53 Å². The van der Waals surface area contributed by atoms with Gasteiger partial charge in [-0.25, -0.2) is 0 Å². The molecule has 0 aliphatic carbocycles. The normalized spacial score (nSPS) is 12.9. The molecule has 0 saturated carbocycles. The largest absolute Gasteiger partial charge is 0.502 e. The molecule has 4 heteroatoms. The number of carbonyl (C=O) groups is 1. The van der Waals surface area contributed by atoms with Crippen molar-refractivity contribution < 1.29 is 19.7 Å². The van der Waals surface area contributed by atoms with Gasteiger partial charge in [0.05, 0.1) is 0 Å². The number of aldehydes is 1. The van der Waals surface area contributed by atoms with Crippen molar-refractivity contribution >= 4 is 6.29 Å². The summed E-state index contributed by atoms with van der Waals surface area (Å²) in [6, 6.07) is 0. The second-order valence-corrected chi connectivity index (χ2v) is 1.69. The Kier molecular flexibility index (Phi) is 4.85. The van der Waals surface area contributed by atoms with Crippen LogP contribution in [0.4, 0.5) is 0 Å². The summed E-state index contributed by atoms with van der Waals surface area (Å²) in [4.78, 5) is 9.81. The number of aliphatic hydroxyl groups is 2. The highest BCUT2D eigenvalue weighted by atomic mass is 16.5. The lowest BCUT2D eigenvalue weighted by molar-refractivity contribution is -0.107. The molecule has 0 fully saturated rings. The van der Waals surface area contributed by atoms with Crippen molar-refractivity contribution in [3.63, 3.8) is 0 Å². The van der Waals surface area contributed by atoms with Crippen LogP contribution in [0.1, 0.15) is 6.92 Å². The van der Waals surface area contributed by atoms with Gasteiger partial charge in [0.1, 0.15) is 18.6 Å². The maximum atomic E-state index is 9.81. The van der Waals surface area contributed by atoms with E-state index >= 15 is 0 Å². The molecule has 2 N–H and O–H groups in total. The van der Waals surface area contributed by atoms with E-state index < -0.39 is 5.76 Å². The lowest BCUT2D eigenvalue weighted by Crippen LogP contribution is -1.93. The highest BCUT2D eigenvalue weighted by molar-refractivity contribution is 5.68. The number of carbonyl (C=O) groups excluding carboxylic acids is 1. The molecular formula is C7H10O4. The van der Waals surface area contributed by atoms with Gasteiger partial charge in [-0.1, -0.05) is 0 Å². The van der Waals surface area contributed by atoms with E-state index in [1.165, 1.54) is 6.08 Å². The minimum Gasteiger partial charge on any atom is -0.502 e. The van der Waals surface area contributed by atoms with Crippen molar-refractivity contribution in [3.8, 4) is 0 Å². The summed E-state index contributed by atoms with van der Waals surface area (Å²) in [5.74, 6) is -0.240. The molecule has 0 bridgehead atoms. The summed E-state index contributed by atoms with van der Waals surface area (Å²) in [5.41, 5.74) is 0. The Bertz CT molecular complexity index is 181. The van der Waals surface area contributed by atoms with Gasteiger partial charge in [0, 0.05) is 0 Å². The van der Waals surface area contributed by atoms with Crippen LogP contribution < -0.4 is 0 Å². The quantitative estimate of drug-likeness (QED) is 0.355. The first-order valence-electron chi connectivity index (χ1n) is 3.01. The van der Waals surface area contributed by atoms with Gasteiger partial charge in [0.2, 0.25) is 0 Å². The fourth-order valence-corrected chi connectivity index (χ4v) is 0.360. The zero-order valence-corrected chi connectivity index (χ0v) is 6.15. The monoisotopic (exact) mass is 158 g/mol. The van der Waals surface area contributed by atoms with Crippen LogP contribution in [0.25, 0.3) is 0 Å². The Balaban J connectivity index is 3.95. The number of rotatable bonds is 4. The zero-order chi connectivity index (χ0) is 8.69. The Morgan fingerprint density at radius 1 is 1.64 bits per heavy atom. The SMILES string of the molecule is C/C=C(/CO)O/C=C(/O)C=O. The molecule has 62 valence electrons. The molecule has 0 aliphatic heterocycles. The van der Waals surface area contributed by atoms with E-state index in [0.717, 1.165) is 6.26 Å². The standard InChI is InChI=1S/C7H10O4/c1-2-7(4-9)11-5-6(10)3-8/h2-3,5,9-10H,4H2,1H3/b6-5+,7-2-. The molecule has 0 aliphatic rings. The van der Waals surface area contributed by atoms with E-state index in [1.54, 1.807) is 6.92 Å². The summed E-state index contributed by atoms with van der Waals surface area (Å²) >= 11 is 0. The minimum atomic E-state index is -0.516. The van der Waals surface area contributed by atoms with E-state index in [1.807, 2.05) is 0 Å². The topological polar surface area (TPSA) is 66.8 Å². The van der Waals surface area contributed by atoms with Crippen LogP contribution in [-0.4, -0.2) is 23.1 Å². The molecule has 0 heterocycles. The van der Waals surface area contributed by atoms with E-state index in [4.69, 9.17) is 10.2 Å². The van der Waals surface area contributed by atoms with E-state index in [0.29, 0.717) is 0 Å². The second-order valence-electron chi connectivity index (χ2n) is 1.69. The Morgan fingerprint density at radius 3 is 2.64 bits per heavy atom. The van der Waals surface area contributed by atoms with Gasteiger partial charge in [-0.15, -0.1) is 0 Å². The number of hydrogen-bond acceptors (Lipinski definition) is 4. The molecule has 0 aromatic rings. The fraction of sp³-hybridized carbons (Fsp3) is 0.286. The fourth-order valence-electron chi connectivity index (χ4n) is 0.360. The molecule has 0 saturated heterocycles. The van der Waals surface area contributed by atoms with Crippen molar-refractivity contribution in [2.45, 2.75) is 6.92 Å². The molecule has 4 nitrogen and oxygen atoms in total. The third kappa shape index (κ3) is 4.16. The third-order valence-corrected chi connectivity index (χ3v) is 0.930. The van der Waals surface area contributed by atoms with Crippen molar-refractivity contribution in [1.82, 2.24) is 0 Å². The molecule has 0 atom stereocenters. The molecule has 0 amide bonds. The number of ether oxygens (including phenoxy) is 1. The van der Waals surface area contributed by atoms with Crippen LogP contribution in [0.5, 0.6) is 0 Å². The summed E-state index contributed by atoms with van der Waals surface area (Å²) in [5, 5.41) is 17.1. The molecule has 11 heavy (non-hydrogen) atoms. The molecule has 0 aromatic heterocycles. The van der Waals surface area contributed by atoms with Crippen LogP contribution >= 0.6 is 0 Å². The predicted molar refractivity (Wildman–Crippen MR) is 38.7 cm³/mol. The highest BCUT2D eigenvalue weighted by Crippen LogP contribution is 1.97. The zero-order valence-electron chi connectivity index (χ0n) is 6.15. The molecule has 0 rings (SSSR count). The molecule has 0 aromatic carbocycles. The molecular weight excluding hydrogens is 148 g/mol. The summed E-state index contributed by atoms with van der Waals surface area (Å²) in [6.07, 6.45) is 2.62. The lowest BCUT2D eigenvalue weighted by atomic mass is 10.5. The van der Waals surface area contributed by atoms with Crippen LogP contribution in [0, 0.1) is 0 Å². The molecule has 0 spiro atoms. The van der Waals surface area contributed by atoms with Crippen LogP contribution in [0.2, 0.25) is 0 Å². The van der Waals surface area contributed by atoms with Gasteiger partial charge in [-0.2, -0.15) is 0 Å². The highest BCUT2D eigenvalue weighted by Gasteiger charge is 1.92. The predicted octanol–water partition coefficient (Wildman–Crippen LogP) is 0.497. The van der Waals surface area contributed by atoms with Gasteiger partial charge in [-0.05, 0) is 13.0 Å². The van der Waals surface area contributed by atoms with Crippen molar-refractivity contribution in [3.05, 3.63) is 23.9 Å². The average molecular weight is 158 g/mol. The molecule has 0 radical (unpaired) electrons. The van der Waals surface area contributed by atoms with Gasteiger partial charge in [0.25, 0.3) is 0 Å². The van der Waals surface area contributed by atoms with Crippen LogP contribution in [0.15, 0.2) is 23.9 Å². The van der Waals surface area contributed by atoms with Crippen molar-refractivity contribution in [2.75, 3.05) is 6.61 Å². The summed E-state index contributed by atoms with van der Waals surface area (Å²) in [6.45, 7) is 1.40. The van der Waals surface area contributed by atoms with Gasteiger partial charge in [-0.3, -0.25) is 4.79 Å². The number of allylic oxidation sites excluding steroid dienone is 2. The number of hydrogen-bond donors (Lipinski definition) is 2. The smallest absolute Gasteiger partial charge is 0.191 e. The van der Waals surface area contributed by atoms with Gasteiger partial charge >= 0.3 is 0 Å². The maximum absolute atomic E-state index is 9.81. The van der Waals surface area contributed by atoms with E-state index in [2.05, 4.69) is 4.74 Å². The summed E-state index contributed by atoms with van der Waals surface area (Å²) in [7, 11) is 0. The van der Waals surface area contributed by atoms with E-state index in [-0.39, 0.29) is 18.7 Å². The summed E-state index contributed by atoms with van der Waals surface area (Å²) < 4.78 is 4.66. The first kappa shape index (κ1) is 9.71. The second kappa shape index (κ2) is 5.49.